The summed E-state index contributed by atoms with van der Waals surface area (Å²) in [4.78, 5) is 25.2. The molecule has 132 valence electrons. The van der Waals surface area contributed by atoms with E-state index in [9.17, 15) is 4.79 Å². The average molecular weight is 350 g/mol. The summed E-state index contributed by atoms with van der Waals surface area (Å²) in [5, 5.41) is 8.86. The third-order valence-corrected chi connectivity index (χ3v) is 4.94. The molecule has 3 aromatic heterocycles. The number of rotatable bonds is 4. The van der Waals surface area contributed by atoms with E-state index in [1.807, 2.05) is 18.2 Å². The summed E-state index contributed by atoms with van der Waals surface area (Å²) in [6.07, 6.45) is 5.48. The van der Waals surface area contributed by atoms with Crippen LogP contribution in [0.15, 0.2) is 41.6 Å². The molecule has 0 bridgehead atoms. The normalized spacial score (nSPS) is 22.6. The lowest BCUT2D eigenvalue weighted by molar-refractivity contribution is 0.182. The molecule has 8 nitrogen and oxygen atoms in total. The molecule has 0 spiro atoms. The van der Waals surface area contributed by atoms with E-state index in [2.05, 4.69) is 25.4 Å². The molecule has 2 fully saturated rings. The number of hydrogen-bond donors (Lipinski definition) is 1. The van der Waals surface area contributed by atoms with Crippen LogP contribution < -0.4 is 10.9 Å². The van der Waals surface area contributed by atoms with E-state index >= 15 is 0 Å². The second kappa shape index (κ2) is 6.14. The van der Waals surface area contributed by atoms with Crippen molar-refractivity contribution in [2.75, 3.05) is 18.5 Å². The van der Waals surface area contributed by atoms with Crippen molar-refractivity contribution in [2.45, 2.75) is 30.8 Å². The minimum Gasteiger partial charge on any atom is -0.377 e. The maximum absolute atomic E-state index is 12.4. The molecule has 1 aliphatic carbocycles. The summed E-state index contributed by atoms with van der Waals surface area (Å²) in [6, 6.07) is 6.95. The summed E-state index contributed by atoms with van der Waals surface area (Å²) >= 11 is 0. The fraction of sp³-hybridized carbons (Fsp3) is 0.389. The van der Waals surface area contributed by atoms with Crippen LogP contribution >= 0.6 is 0 Å². The summed E-state index contributed by atoms with van der Waals surface area (Å²) in [6.45, 7) is 0.929. The Morgan fingerprint density at radius 2 is 2.04 bits per heavy atom. The van der Waals surface area contributed by atoms with Crippen LogP contribution in [0.25, 0.3) is 11.0 Å². The van der Waals surface area contributed by atoms with Crippen molar-refractivity contribution in [3.63, 3.8) is 0 Å². The maximum atomic E-state index is 12.4. The van der Waals surface area contributed by atoms with Crippen LogP contribution in [0.2, 0.25) is 0 Å². The van der Waals surface area contributed by atoms with Gasteiger partial charge in [-0.2, -0.15) is 5.10 Å². The quantitative estimate of drug-likeness (QED) is 0.762. The maximum Gasteiger partial charge on any atom is 0.267 e. The third kappa shape index (κ3) is 2.72. The second-order valence-corrected chi connectivity index (χ2v) is 6.77. The highest BCUT2D eigenvalue weighted by Gasteiger charge is 2.33. The Balaban J connectivity index is 1.48. The molecule has 4 heterocycles. The monoisotopic (exact) mass is 350 g/mol. The Morgan fingerprint density at radius 1 is 1.12 bits per heavy atom. The van der Waals surface area contributed by atoms with Gasteiger partial charge in [-0.3, -0.25) is 4.79 Å². The summed E-state index contributed by atoms with van der Waals surface area (Å²) in [7, 11) is 0. The van der Waals surface area contributed by atoms with Gasteiger partial charge in [-0.05, 0) is 31.0 Å². The summed E-state index contributed by atoms with van der Waals surface area (Å²) in [5.74, 6) is 1.18. The highest BCUT2D eigenvalue weighted by atomic mass is 16.5. The first-order valence-corrected chi connectivity index (χ1v) is 8.79. The van der Waals surface area contributed by atoms with E-state index in [1.165, 1.54) is 6.33 Å². The Bertz CT molecular complexity index is 1010. The van der Waals surface area contributed by atoms with Gasteiger partial charge in [-0.25, -0.2) is 19.6 Å². The van der Waals surface area contributed by atoms with E-state index in [0.717, 1.165) is 23.9 Å². The minimum atomic E-state index is -0.178. The molecule has 1 N–H and O–H groups in total. The molecule has 26 heavy (non-hydrogen) atoms. The number of hydrogen-bond acceptors (Lipinski definition) is 7. The zero-order valence-corrected chi connectivity index (χ0v) is 14.1. The van der Waals surface area contributed by atoms with Crippen LogP contribution in [-0.2, 0) is 4.74 Å². The van der Waals surface area contributed by atoms with Gasteiger partial charge in [0, 0.05) is 18.2 Å². The third-order valence-electron chi connectivity index (χ3n) is 4.94. The SMILES string of the molecule is O=c1ccc(C2CC2)nn1C1COCC1Nc1ncnc2ncccc12. The Hall–Kier alpha value is -2.87. The van der Waals surface area contributed by atoms with Gasteiger partial charge in [0.05, 0.1) is 30.3 Å². The van der Waals surface area contributed by atoms with Crippen molar-refractivity contribution in [2.24, 2.45) is 0 Å². The molecule has 2 atom stereocenters. The standard InChI is InChI=1S/C18H18N6O2/c25-16-6-5-13(11-3-4-11)23-24(16)15-9-26-8-14(15)22-18-12-2-1-7-19-17(12)20-10-21-18/h1-2,5-7,10-11,14-15H,3-4,8-9H2,(H,19,20,21,22). The lowest BCUT2D eigenvalue weighted by Gasteiger charge is -2.21. The van der Waals surface area contributed by atoms with Crippen molar-refractivity contribution in [3.8, 4) is 0 Å². The van der Waals surface area contributed by atoms with Crippen molar-refractivity contribution in [3.05, 3.63) is 52.8 Å². The van der Waals surface area contributed by atoms with Gasteiger partial charge in [0.1, 0.15) is 18.2 Å². The predicted octanol–water partition coefficient (Wildman–Crippen LogP) is 1.51. The van der Waals surface area contributed by atoms with Gasteiger partial charge < -0.3 is 10.1 Å². The van der Waals surface area contributed by atoms with Gasteiger partial charge in [0.15, 0.2) is 5.65 Å². The predicted molar refractivity (Wildman–Crippen MR) is 95.1 cm³/mol. The van der Waals surface area contributed by atoms with Gasteiger partial charge in [0.2, 0.25) is 0 Å². The van der Waals surface area contributed by atoms with Crippen molar-refractivity contribution in [1.29, 1.82) is 0 Å². The zero-order chi connectivity index (χ0) is 17.5. The first-order chi connectivity index (χ1) is 12.8. The number of pyridine rings is 1. The lowest BCUT2D eigenvalue weighted by Crippen LogP contribution is -2.37. The number of nitrogens with zero attached hydrogens (tertiary/aromatic N) is 5. The first kappa shape index (κ1) is 15.4. The van der Waals surface area contributed by atoms with E-state index in [1.54, 1.807) is 16.9 Å². The van der Waals surface area contributed by atoms with Crippen molar-refractivity contribution >= 4 is 16.9 Å². The molecular weight excluding hydrogens is 332 g/mol. The van der Waals surface area contributed by atoms with Gasteiger partial charge in [-0.15, -0.1) is 0 Å². The molecule has 8 heteroatoms. The number of nitrogens with one attached hydrogen (secondary N) is 1. The molecule has 3 aromatic rings. The summed E-state index contributed by atoms with van der Waals surface area (Å²) in [5.41, 5.74) is 1.52. The first-order valence-electron chi connectivity index (χ1n) is 8.79. The highest BCUT2D eigenvalue weighted by Crippen LogP contribution is 2.38. The van der Waals surface area contributed by atoms with Crippen LogP contribution in [0.5, 0.6) is 0 Å². The van der Waals surface area contributed by atoms with E-state index < -0.39 is 0 Å². The second-order valence-electron chi connectivity index (χ2n) is 6.77. The van der Waals surface area contributed by atoms with Crippen molar-refractivity contribution < 1.29 is 4.74 Å². The topological polar surface area (TPSA) is 94.8 Å². The number of ether oxygens (including phenoxy) is 1. The van der Waals surface area contributed by atoms with E-state index in [-0.39, 0.29) is 17.6 Å². The van der Waals surface area contributed by atoms with E-state index in [0.29, 0.717) is 30.6 Å². The smallest absolute Gasteiger partial charge is 0.267 e. The molecule has 2 unspecified atom stereocenters. The van der Waals surface area contributed by atoms with Crippen LogP contribution in [0.1, 0.15) is 30.5 Å². The fourth-order valence-corrected chi connectivity index (χ4v) is 3.38. The minimum absolute atomic E-state index is 0.104. The largest absolute Gasteiger partial charge is 0.377 e. The van der Waals surface area contributed by atoms with Gasteiger partial charge >= 0.3 is 0 Å². The fourth-order valence-electron chi connectivity index (χ4n) is 3.38. The number of aromatic nitrogens is 5. The van der Waals surface area contributed by atoms with Gasteiger partial charge in [0.25, 0.3) is 5.56 Å². The number of fused-ring (bicyclic) bond motifs is 1. The molecule has 0 amide bonds. The van der Waals surface area contributed by atoms with Crippen LogP contribution in [-0.4, -0.2) is 44.0 Å². The Morgan fingerprint density at radius 3 is 2.92 bits per heavy atom. The average Bonchev–Trinajstić information content (AvgIpc) is 3.42. The van der Waals surface area contributed by atoms with Crippen molar-refractivity contribution in [1.82, 2.24) is 24.7 Å². The highest BCUT2D eigenvalue weighted by molar-refractivity contribution is 5.85. The molecule has 0 radical (unpaired) electrons. The lowest BCUT2D eigenvalue weighted by atomic mass is 10.1. The zero-order valence-electron chi connectivity index (χ0n) is 14.1. The molecule has 1 saturated carbocycles. The Kier molecular flexibility index (Phi) is 3.63. The Labute approximate surface area is 149 Å². The van der Waals surface area contributed by atoms with Crippen LogP contribution in [0, 0.1) is 0 Å². The van der Waals surface area contributed by atoms with E-state index in [4.69, 9.17) is 4.74 Å². The van der Waals surface area contributed by atoms with Gasteiger partial charge in [-0.1, -0.05) is 0 Å². The number of anilines is 1. The molecule has 1 aliphatic heterocycles. The molecule has 2 aliphatic rings. The van der Waals surface area contributed by atoms with Crippen LogP contribution in [0.3, 0.4) is 0 Å². The molecular formula is C18H18N6O2. The molecule has 1 saturated heterocycles. The molecule has 5 rings (SSSR count). The van der Waals surface area contributed by atoms with Crippen LogP contribution in [0.4, 0.5) is 5.82 Å². The summed E-state index contributed by atoms with van der Waals surface area (Å²) < 4.78 is 7.23. The molecule has 0 aromatic carbocycles.